The number of benzene rings is 2. The van der Waals surface area contributed by atoms with Crippen molar-refractivity contribution in [2.45, 2.75) is 6.42 Å². The molecule has 7 heteroatoms. The van der Waals surface area contributed by atoms with Gasteiger partial charge in [0.1, 0.15) is 12.4 Å². The summed E-state index contributed by atoms with van der Waals surface area (Å²) in [6.45, 7) is 0.246. The van der Waals surface area contributed by atoms with Crippen LogP contribution in [0.4, 0.5) is 0 Å². The van der Waals surface area contributed by atoms with Crippen LogP contribution in [-0.2, 0) is 11.2 Å². The summed E-state index contributed by atoms with van der Waals surface area (Å²) in [5, 5.41) is 0.596. The van der Waals surface area contributed by atoms with E-state index in [2.05, 4.69) is 10.9 Å². The van der Waals surface area contributed by atoms with Crippen LogP contribution in [0.2, 0.25) is 5.02 Å². The van der Waals surface area contributed by atoms with Crippen molar-refractivity contribution in [2.75, 3.05) is 6.61 Å². The minimum atomic E-state index is -0.411. The molecule has 1 aromatic heterocycles. The summed E-state index contributed by atoms with van der Waals surface area (Å²) in [5.74, 6) is -0.376. The molecule has 1 aliphatic heterocycles. The first-order chi connectivity index (χ1) is 13.6. The van der Waals surface area contributed by atoms with E-state index in [1.807, 2.05) is 41.2 Å². The quantitative estimate of drug-likeness (QED) is 0.669. The Bertz CT molecular complexity index is 1020. The number of ether oxygens (including phenoxy) is 1. The third kappa shape index (κ3) is 3.73. The molecule has 0 fully saturated rings. The lowest BCUT2D eigenvalue weighted by molar-refractivity contribution is -0.127. The summed E-state index contributed by atoms with van der Waals surface area (Å²) < 4.78 is 7.48. The first-order valence-corrected chi connectivity index (χ1v) is 9.23. The van der Waals surface area contributed by atoms with Crippen molar-refractivity contribution >= 4 is 23.4 Å². The van der Waals surface area contributed by atoms with Crippen molar-refractivity contribution in [1.82, 2.24) is 15.4 Å². The topological polar surface area (TPSA) is 72.4 Å². The van der Waals surface area contributed by atoms with Crippen LogP contribution < -0.4 is 15.6 Å². The largest absolute Gasteiger partial charge is 0.492 e. The average molecular weight is 396 g/mol. The molecular formula is C21H18ClN3O3. The molecule has 142 valence electrons. The van der Waals surface area contributed by atoms with E-state index in [0.717, 1.165) is 17.0 Å². The number of rotatable bonds is 3. The predicted octanol–water partition coefficient (Wildman–Crippen LogP) is 3.14. The number of hydrazine groups is 1. The number of carbonyl (C=O) groups is 2. The molecule has 3 aromatic rings. The zero-order valence-corrected chi connectivity index (χ0v) is 15.6. The number of carbonyl (C=O) groups excluding carboxylic acids is 2. The Morgan fingerprint density at radius 1 is 1.04 bits per heavy atom. The minimum Gasteiger partial charge on any atom is -0.492 e. The molecule has 2 amide bonds. The molecule has 1 aliphatic rings. The second-order valence-electron chi connectivity index (χ2n) is 6.51. The molecule has 0 bridgehead atoms. The van der Waals surface area contributed by atoms with E-state index in [-0.39, 0.29) is 12.5 Å². The molecule has 4 rings (SSSR count). The van der Waals surface area contributed by atoms with Crippen molar-refractivity contribution < 1.29 is 14.3 Å². The highest BCUT2D eigenvalue weighted by Gasteiger charge is 2.26. The van der Waals surface area contributed by atoms with Gasteiger partial charge in [-0.3, -0.25) is 20.4 Å². The maximum absolute atomic E-state index is 12.6. The zero-order chi connectivity index (χ0) is 19.5. The summed E-state index contributed by atoms with van der Waals surface area (Å²) in [4.78, 5) is 25.1. The normalized spacial score (nSPS) is 15.2. The standard InChI is InChI=1S/C21H18ClN3O3/c22-16-7-8-19-14(12-16)11-15(13-28-19)20(26)23-24-21(27)17-5-1-2-6-18(17)25-9-3-4-10-25/h1-10,12,15H,11,13H2,(H,23,26)(H,24,27)/t15-/m1/s1. The van der Waals surface area contributed by atoms with Crippen LogP contribution >= 0.6 is 11.6 Å². The molecule has 0 saturated carbocycles. The summed E-state index contributed by atoms with van der Waals surface area (Å²) in [6, 6.07) is 16.3. The lowest BCUT2D eigenvalue weighted by Gasteiger charge is -2.24. The van der Waals surface area contributed by atoms with Crippen LogP contribution in [0, 0.1) is 5.92 Å². The summed E-state index contributed by atoms with van der Waals surface area (Å²) in [7, 11) is 0. The molecule has 0 saturated heterocycles. The second-order valence-corrected chi connectivity index (χ2v) is 6.95. The third-order valence-corrected chi connectivity index (χ3v) is 4.87. The molecule has 2 heterocycles. The SMILES string of the molecule is O=C(NNC(=O)[C@H]1COc2ccc(Cl)cc2C1)c1ccccc1-n1cccc1. The molecule has 2 aromatic carbocycles. The second kappa shape index (κ2) is 7.78. The van der Waals surface area contributed by atoms with Gasteiger partial charge in [-0.1, -0.05) is 23.7 Å². The Hall–Kier alpha value is -3.25. The van der Waals surface area contributed by atoms with Gasteiger partial charge < -0.3 is 9.30 Å². The van der Waals surface area contributed by atoms with E-state index in [1.54, 1.807) is 30.3 Å². The number of hydrogen-bond acceptors (Lipinski definition) is 3. The van der Waals surface area contributed by atoms with Crippen LogP contribution in [0.3, 0.4) is 0 Å². The van der Waals surface area contributed by atoms with Gasteiger partial charge in [-0.05, 0) is 54.4 Å². The number of hydrogen-bond donors (Lipinski definition) is 2. The van der Waals surface area contributed by atoms with Gasteiger partial charge in [-0.15, -0.1) is 0 Å². The first kappa shape index (κ1) is 18.1. The molecule has 28 heavy (non-hydrogen) atoms. The van der Waals surface area contributed by atoms with E-state index in [1.165, 1.54) is 0 Å². The van der Waals surface area contributed by atoms with Crippen molar-refractivity contribution in [1.29, 1.82) is 0 Å². The van der Waals surface area contributed by atoms with Gasteiger partial charge in [0.25, 0.3) is 5.91 Å². The number of para-hydroxylation sites is 1. The Kier molecular flexibility index (Phi) is 5.04. The highest BCUT2D eigenvalue weighted by atomic mass is 35.5. The molecule has 0 unspecified atom stereocenters. The van der Waals surface area contributed by atoms with Crippen LogP contribution in [-0.4, -0.2) is 23.0 Å². The summed E-state index contributed by atoms with van der Waals surface area (Å²) in [5.41, 5.74) is 7.07. The third-order valence-electron chi connectivity index (χ3n) is 4.63. The van der Waals surface area contributed by atoms with Crippen LogP contribution in [0.5, 0.6) is 5.75 Å². The van der Waals surface area contributed by atoms with E-state index in [0.29, 0.717) is 17.0 Å². The molecule has 6 nitrogen and oxygen atoms in total. The smallest absolute Gasteiger partial charge is 0.271 e. The van der Waals surface area contributed by atoms with E-state index < -0.39 is 11.8 Å². The number of halogens is 1. The fraction of sp³-hybridized carbons (Fsp3) is 0.143. The van der Waals surface area contributed by atoms with Crippen molar-refractivity contribution in [2.24, 2.45) is 5.92 Å². The van der Waals surface area contributed by atoms with Gasteiger partial charge in [0.15, 0.2) is 0 Å². The van der Waals surface area contributed by atoms with Crippen LogP contribution in [0.15, 0.2) is 67.0 Å². The van der Waals surface area contributed by atoms with Crippen molar-refractivity contribution in [3.8, 4) is 11.4 Å². The molecule has 2 N–H and O–H groups in total. The zero-order valence-electron chi connectivity index (χ0n) is 14.9. The van der Waals surface area contributed by atoms with Crippen molar-refractivity contribution in [3.05, 3.63) is 83.1 Å². The maximum Gasteiger partial charge on any atom is 0.271 e. The van der Waals surface area contributed by atoms with Crippen LogP contribution in [0.25, 0.3) is 5.69 Å². The maximum atomic E-state index is 12.6. The Morgan fingerprint density at radius 2 is 1.82 bits per heavy atom. The fourth-order valence-electron chi connectivity index (χ4n) is 3.21. The van der Waals surface area contributed by atoms with Gasteiger partial charge >= 0.3 is 0 Å². The van der Waals surface area contributed by atoms with E-state index in [9.17, 15) is 9.59 Å². The Labute approximate surface area is 167 Å². The van der Waals surface area contributed by atoms with Crippen molar-refractivity contribution in [3.63, 3.8) is 0 Å². The van der Waals surface area contributed by atoms with Gasteiger partial charge in [-0.25, -0.2) is 0 Å². The number of nitrogens with one attached hydrogen (secondary N) is 2. The first-order valence-electron chi connectivity index (χ1n) is 8.85. The highest BCUT2D eigenvalue weighted by molar-refractivity contribution is 6.30. The van der Waals surface area contributed by atoms with Gasteiger partial charge in [0, 0.05) is 17.4 Å². The number of fused-ring (bicyclic) bond motifs is 1. The minimum absolute atomic E-state index is 0.246. The molecular weight excluding hydrogens is 378 g/mol. The molecule has 1 atom stereocenters. The van der Waals surface area contributed by atoms with Gasteiger partial charge in [0.2, 0.25) is 5.91 Å². The summed E-state index contributed by atoms with van der Waals surface area (Å²) >= 11 is 6.02. The monoisotopic (exact) mass is 395 g/mol. The Balaban J connectivity index is 1.41. The van der Waals surface area contributed by atoms with E-state index in [4.69, 9.17) is 16.3 Å². The highest BCUT2D eigenvalue weighted by Crippen LogP contribution is 2.29. The Morgan fingerprint density at radius 3 is 2.64 bits per heavy atom. The number of amides is 2. The molecule has 0 radical (unpaired) electrons. The van der Waals surface area contributed by atoms with Crippen LogP contribution in [0.1, 0.15) is 15.9 Å². The average Bonchev–Trinajstić information content (AvgIpc) is 3.26. The predicted molar refractivity (Wildman–Crippen MR) is 106 cm³/mol. The fourth-order valence-corrected chi connectivity index (χ4v) is 3.40. The lowest BCUT2D eigenvalue weighted by Crippen LogP contribution is -2.47. The van der Waals surface area contributed by atoms with E-state index >= 15 is 0 Å². The van der Waals surface area contributed by atoms with Gasteiger partial charge in [-0.2, -0.15) is 0 Å². The summed E-state index contributed by atoms with van der Waals surface area (Å²) in [6.07, 6.45) is 4.21. The number of aromatic nitrogens is 1. The molecule has 0 aliphatic carbocycles. The van der Waals surface area contributed by atoms with Gasteiger partial charge in [0.05, 0.1) is 17.2 Å². The lowest BCUT2D eigenvalue weighted by atomic mass is 9.96. The number of nitrogens with zero attached hydrogens (tertiary/aromatic N) is 1. The molecule has 0 spiro atoms.